The first-order valence-corrected chi connectivity index (χ1v) is 9.79. The number of anilines is 1. The summed E-state index contributed by atoms with van der Waals surface area (Å²) in [5.74, 6) is -0.869. The molecule has 3 N–H and O–H groups in total. The van der Waals surface area contributed by atoms with E-state index >= 15 is 0 Å². The van der Waals surface area contributed by atoms with Crippen LogP contribution in [0.25, 0.3) is 0 Å². The van der Waals surface area contributed by atoms with E-state index < -0.39 is 17.9 Å². The first-order valence-electron chi connectivity index (χ1n) is 9.79. The fourth-order valence-corrected chi connectivity index (χ4v) is 3.59. The number of piperazine rings is 1. The van der Waals surface area contributed by atoms with Crippen molar-refractivity contribution >= 4 is 23.4 Å². The van der Waals surface area contributed by atoms with E-state index in [9.17, 15) is 18.8 Å². The van der Waals surface area contributed by atoms with Crippen molar-refractivity contribution in [2.75, 3.05) is 31.1 Å². The second kappa shape index (κ2) is 9.39. The monoisotopic (exact) mass is 412 g/mol. The highest BCUT2D eigenvalue weighted by molar-refractivity contribution is 5.94. The van der Waals surface area contributed by atoms with Crippen molar-refractivity contribution in [2.24, 2.45) is 5.73 Å². The smallest absolute Gasteiger partial charge is 0.312 e. The predicted molar refractivity (Wildman–Crippen MR) is 112 cm³/mol. The molecule has 1 heterocycles. The molecule has 1 fully saturated rings. The molecule has 0 aliphatic carbocycles. The van der Waals surface area contributed by atoms with E-state index in [2.05, 4.69) is 5.32 Å². The van der Waals surface area contributed by atoms with Gasteiger partial charge >= 0.3 is 6.03 Å². The molecule has 0 saturated carbocycles. The average Bonchev–Trinajstić information content (AvgIpc) is 2.73. The van der Waals surface area contributed by atoms with E-state index in [1.54, 1.807) is 17.0 Å². The molecule has 1 atom stereocenters. The summed E-state index contributed by atoms with van der Waals surface area (Å²) in [5.41, 5.74) is 6.91. The Bertz CT molecular complexity index is 927. The molecule has 7 nitrogen and oxygen atoms in total. The van der Waals surface area contributed by atoms with Crippen LogP contribution in [0.2, 0.25) is 0 Å². The number of rotatable bonds is 6. The lowest BCUT2D eigenvalue weighted by molar-refractivity contribution is -0.133. The summed E-state index contributed by atoms with van der Waals surface area (Å²) < 4.78 is 14.4. The molecule has 0 radical (unpaired) electrons. The molecule has 2 aromatic carbocycles. The van der Waals surface area contributed by atoms with Crippen LogP contribution >= 0.6 is 0 Å². The highest BCUT2D eigenvalue weighted by Gasteiger charge is 2.29. The molecule has 1 unspecified atom stereocenters. The molecule has 2 aromatic rings. The van der Waals surface area contributed by atoms with Gasteiger partial charge in [-0.1, -0.05) is 30.3 Å². The SMILES string of the molecule is CC(=O)c1ccc(N2CCN(C(=O)C(Cc3ccccc3)NC(N)=O)CC2)c(F)c1. The van der Waals surface area contributed by atoms with Crippen LogP contribution in [0.1, 0.15) is 22.8 Å². The Kier molecular flexibility index (Phi) is 6.66. The minimum absolute atomic E-state index is 0.192. The average molecular weight is 412 g/mol. The number of primary amides is 1. The number of carbonyl (C=O) groups excluding carboxylic acids is 3. The first-order chi connectivity index (χ1) is 14.3. The summed E-state index contributed by atoms with van der Waals surface area (Å²) in [6.07, 6.45) is 0.337. The maximum Gasteiger partial charge on any atom is 0.312 e. The normalized spacial score (nSPS) is 14.9. The van der Waals surface area contributed by atoms with Crippen molar-refractivity contribution in [2.45, 2.75) is 19.4 Å². The molecule has 30 heavy (non-hydrogen) atoms. The van der Waals surface area contributed by atoms with Crippen LogP contribution in [0.5, 0.6) is 0 Å². The second-order valence-electron chi connectivity index (χ2n) is 7.29. The number of nitrogens with two attached hydrogens (primary N) is 1. The second-order valence-corrected chi connectivity index (χ2v) is 7.29. The van der Waals surface area contributed by atoms with Gasteiger partial charge in [-0.15, -0.1) is 0 Å². The number of amides is 3. The number of benzene rings is 2. The number of hydrogen-bond acceptors (Lipinski definition) is 4. The minimum Gasteiger partial charge on any atom is -0.366 e. The van der Waals surface area contributed by atoms with Crippen LogP contribution in [0.4, 0.5) is 14.9 Å². The molecule has 0 aromatic heterocycles. The molecule has 1 saturated heterocycles. The molecular formula is C22H25FN4O3. The van der Waals surface area contributed by atoms with E-state index in [4.69, 9.17) is 5.73 Å². The van der Waals surface area contributed by atoms with Crippen LogP contribution in [0.3, 0.4) is 0 Å². The fourth-order valence-electron chi connectivity index (χ4n) is 3.59. The number of ketones is 1. The summed E-state index contributed by atoms with van der Waals surface area (Å²) >= 11 is 0. The van der Waals surface area contributed by atoms with Gasteiger partial charge in [0.15, 0.2) is 5.78 Å². The van der Waals surface area contributed by atoms with E-state index in [1.807, 2.05) is 35.2 Å². The molecule has 1 aliphatic rings. The van der Waals surface area contributed by atoms with Crippen LogP contribution in [-0.2, 0) is 11.2 Å². The standard InChI is InChI=1S/C22H25FN4O3/c1-15(28)17-7-8-20(18(23)14-17)26-9-11-27(12-10-26)21(29)19(25-22(24)30)13-16-5-3-2-4-6-16/h2-8,14,19H,9-13H2,1H3,(H3,24,25,30). The third-order valence-corrected chi connectivity index (χ3v) is 5.18. The Morgan fingerprint density at radius 2 is 1.73 bits per heavy atom. The highest BCUT2D eigenvalue weighted by atomic mass is 19.1. The summed E-state index contributed by atoms with van der Waals surface area (Å²) in [6.45, 7) is 3.05. The Hall–Kier alpha value is -3.42. The van der Waals surface area contributed by atoms with E-state index in [0.29, 0.717) is 43.9 Å². The molecule has 1 aliphatic heterocycles. The Morgan fingerprint density at radius 1 is 1.07 bits per heavy atom. The molecule has 0 spiro atoms. The van der Waals surface area contributed by atoms with Gasteiger partial charge in [-0.05, 0) is 30.7 Å². The molecule has 8 heteroatoms. The van der Waals surface area contributed by atoms with Crippen LogP contribution in [0.15, 0.2) is 48.5 Å². The van der Waals surface area contributed by atoms with Gasteiger partial charge in [-0.25, -0.2) is 9.18 Å². The number of nitrogens with zero attached hydrogens (tertiary/aromatic N) is 2. The fraction of sp³-hybridized carbons (Fsp3) is 0.318. The molecule has 0 bridgehead atoms. The van der Waals surface area contributed by atoms with Gasteiger partial charge in [-0.3, -0.25) is 9.59 Å². The van der Waals surface area contributed by atoms with E-state index in [0.717, 1.165) is 5.56 Å². The zero-order valence-electron chi connectivity index (χ0n) is 16.8. The van der Waals surface area contributed by atoms with Crippen molar-refractivity contribution in [3.05, 3.63) is 65.5 Å². The number of nitrogens with one attached hydrogen (secondary N) is 1. The maximum absolute atomic E-state index is 14.4. The lowest BCUT2D eigenvalue weighted by Crippen LogP contribution is -2.56. The van der Waals surface area contributed by atoms with Crippen molar-refractivity contribution in [3.63, 3.8) is 0 Å². The van der Waals surface area contributed by atoms with Crippen molar-refractivity contribution in [1.82, 2.24) is 10.2 Å². The topological polar surface area (TPSA) is 95.7 Å². The molecule has 3 rings (SSSR count). The van der Waals surface area contributed by atoms with Crippen molar-refractivity contribution in [1.29, 1.82) is 0 Å². The summed E-state index contributed by atoms with van der Waals surface area (Å²) in [4.78, 5) is 39.3. The zero-order valence-corrected chi connectivity index (χ0v) is 16.8. The zero-order chi connectivity index (χ0) is 21.7. The first kappa shape index (κ1) is 21.3. The third kappa shape index (κ3) is 5.14. The van der Waals surface area contributed by atoms with Gasteiger partial charge in [0.1, 0.15) is 11.9 Å². The van der Waals surface area contributed by atoms with E-state index in [-0.39, 0.29) is 11.7 Å². The Labute approximate surface area is 174 Å². The largest absolute Gasteiger partial charge is 0.366 e. The number of hydrogen-bond donors (Lipinski definition) is 2. The number of halogens is 1. The molecular weight excluding hydrogens is 387 g/mol. The Morgan fingerprint density at radius 3 is 2.30 bits per heavy atom. The summed E-state index contributed by atoms with van der Waals surface area (Å²) in [7, 11) is 0. The van der Waals surface area contributed by atoms with Gasteiger partial charge < -0.3 is 20.9 Å². The van der Waals surface area contributed by atoms with Crippen molar-refractivity contribution in [3.8, 4) is 0 Å². The molecule has 3 amide bonds. The number of carbonyl (C=O) groups is 3. The predicted octanol–water partition coefficient (Wildman–Crippen LogP) is 1.96. The quantitative estimate of drug-likeness (QED) is 0.709. The summed E-state index contributed by atoms with van der Waals surface area (Å²) in [5, 5.41) is 2.54. The summed E-state index contributed by atoms with van der Waals surface area (Å²) in [6, 6.07) is 12.3. The van der Waals surface area contributed by atoms with E-state index in [1.165, 1.54) is 13.0 Å². The lowest BCUT2D eigenvalue weighted by atomic mass is 10.0. The Balaban J connectivity index is 1.65. The van der Waals surface area contributed by atoms with Gasteiger partial charge in [0.2, 0.25) is 5.91 Å². The van der Waals surface area contributed by atoms with Crippen LogP contribution in [-0.4, -0.2) is 54.8 Å². The van der Waals surface area contributed by atoms with Gasteiger partial charge in [0.25, 0.3) is 0 Å². The minimum atomic E-state index is -0.761. The van der Waals surface area contributed by atoms with Gasteiger partial charge in [-0.2, -0.15) is 0 Å². The van der Waals surface area contributed by atoms with Gasteiger partial charge in [0.05, 0.1) is 5.69 Å². The maximum atomic E-state index is 14.4. The number of urea groups is 1. The van der Waals surface area contributed by atoms with Crippen molar-refractivity contribution < 1.29 is 18.8 Å². The third-order valence-electron chi connectivity index (χ3n) is 5.18. The van der Waals surface area contributed by atoms with Crippen LogP contribution < -0.4 is 16.0 Å². The highest BCUT2D eigenvalue weighted by Crippen LogP contribution is 2.22. The lowest BCUT2D eigenvalue weighted by Gasteiger charge is -2.37. The molecule has 158 valence electrons. The van der Waals surface area contributed by atoms with Crippen LogP contribution in [0, 0.1) is 5.82 Å². The number of Topliss-reactive ketones (excluding diaryl/α,β-unsaturated/α-hetero) is 1. The van der Waals surface area contributed by atoms with Gasteiger partial charge in [0, 0.05) is 38.2 Å².